The van der Waals surface area contributed by atoms with Crippen LogP contribution in [0.3, 0.4) is 0 Å². The van der Waals surface area contributed by atoms with E-state index in [0.717, 1.165) is 43.1 Å². The van der Waals surface area contributed by atoms with Crippen molar-refractivity contribution in [3.05, 3.63) is 149 Å². The summed E-state index contributed by atoms with van der Waals surface area (Å²) in [4.78, 5) is 34.4. The average molecular weight is 856 g/mol. The molecule has 1 saturated carbocycles. The zero-order chi connectivity index (χ0) is 44.3. The molecule has 2 N–H and O–H groups in total. The lowest BCUT2D eigenvalue weighted by Crippen LogP contribution is -2.70. The molecule has 7 rings (SSSR count). The van der Waals surface area contributed by atoms with Gasteiger partial charge in [0.05, 0.1) is 29.9 Å². The normalized spacial score (nSPS) is 22.7. The molecule has 4 aromatic rings. The summed E-state index contributed by atoms with van der Waals surface area (Å²) >= 11 is 0. The van der Waals surface area contributed by atoms with Gasteiger partial charge in [-0.05, 0) is 122 Å². The number of allylic oxidation sites excluding steroid dienone is 1. The molecule has 328 valence electrons. The number of ether oxygens (including phenoxy) is 3. The lowest BCUT2D eigenvalue weighted by Gasteiger charge is -2.60. The first-order chi connectivity index (χ1) is 30.8. The molecule has 1 aliphatic heterocycles. The maximum Gasteiger partial charge on any atom is 0.254 e. The van der Waals surface area contributed by atoms with Gasteiger partial charge in [0, 0.05) is 48.8 Å². The minimum Gasteiger partial charge on any atom is -0.459 e. The van der Waals surface area contributed by atoms with Gasteiger partial charge < -0.3 is 34.2 Å². The van der Waals surface area contributed by atoms with E-state index in [0.29, 0.717) is 64.7 Å². The fourth-order valence-electron chi connectivity index (χ4n) is 9.60. The van der Waals surface area contributed by atoms with Gasteiger partial charge in [-0.25, -0.2) is 4.39 Å². The molecule has 0 saturated heterocycles. The molecule has 11 nitrogen and oxygen atoms in total. The molecule has 0 aromatic heterocycles. The molecule has 4 aromatic carbocycles. The fraction of sp³-hybridized carbons (Fsp3) is 0.373. The van der Waals surface area contributed by atoms with Gasteiger partial charge in [-0.1, -0.05) is 54.4 Å². The number of carbonyl (C=O) groups is 2. The molecule has 0 spiro atoms. The number of amides is 1. The highest BCUT2D eigenvalue weighted by molar-refractivity contribution is 6.03. The van der Waals surface area contributed by atoms with Gasteiger partial charge in [0.2, 0.25) is 5.79 Å². The molecular formula is C51H54FN3O8. The van der Waals surface area contributed by atoms with Gasteiger partial charge in [-0.3, -0.25) is 9.59 Å². The van der Waals surface area contributed by atoms with Crippen molar-refractivity contribution in [1.29, 1.82) is 5.26 Å². The van der Waals surface area contributed by atoms with Crippen LogP contribution in [0.1, 0.15) is 95.2 Å². The van der Waals surface area contributed by atoms with Gasteiger partial charge in [0.15, 0.2) is 0 Å². The third-order valence-electron chi connectivity index (χ3n) is 12.3. The molecule has 6 atom stereocenters. The molecule has 1 amide bonds. The first-order valence-corrected chi connectivity index (χ1v) is 21.8. The number of hydrogen-bond donors (Lipinski definition) is 2. The van der Waals surface area contributed by atoms with Crippen molar-refractivity contribution in [3.63, 3.8) is 0 Å². The van der Waals surface area contributed by atoms with Crippen LogP contribution in [0.15, 0.2) is 120 Å². The highest BCUT2D eigenvalue weighted by atomic mass is 19.1. The van der Waals surface area contributed by atoms with E-state index in [1.54, 1.807) is 71.6 Å². The van der Waals surface area contributed by atoms with Gasteiger partial charge in [0.25, 0.3) is 5.91 Å². The molecule has 2 aliphatic carbocycles. The number of rotatable bonds is 20. The second-order valence-electron chi connectivity index (χ2n) is 16.2. The third kappa shape index (κ3) is 9.76. The van der Waals surface area contributed by atoms with Crippen molar-refractivity contribution >= 4 is 17.9 Å². The van der Waals surface area contributed by atoms with E-state index in [9.17, 15) is 24.7 Å². The van der Waals surface area contributed by atoms with E-state index < -0.39 is 23.6 Å². The predicted molar refractivity (Wildman–Crippen MR) is 236 cm³/mol. The van der Waals surface area contributed by atoms with Crippen LogP contribution in [-0.4, -0.2) is 71.3 Å². The summed E-state index contributed by atoms with van der Waals surface area (Å²) in [7, 11) is 0. The number of carbonyl (C=O) groups excluding carboxylic acids is 2. The van der Waals surface area contributed by atoms with Crippen molar-refractivity contribution in [3.8, 4) is 23.3 Å². The topological polar surface area (TPSA) is 151 Å². The largest absolute Gasteiger partial charge is 0.459 e. The molecule has 1 heterocycles. The Kier molecular flexibility index (Phi) is 14.8. The summed E-state index contributed by atoms with van der Waals surface area (Å²) in [5, 5.41) is 34.2. The number of aldehydes is 1. The molecule has 0 bridgehead atoms. The minimum atomic E-state index is -1.54. The number of aliphatic hydroxyl groups excluding tert-OH is 2. The van der Waals surface area contributed by atoms with Crippen molar-refractivity contribution in [2.75, 3.05) is 26.4 Å². The Labute approximate surface area is 368 Å². The summed E-state index contributed by atoms with van der Waals surface area (Å²) in [6.45, 7) is 6.41. The third-order valence-corrected chi connectivity index (χ3v) is 12.3. The average Bonchev–Trinajstić information content (AvgIpc) is 3.31. The Morgan fingerprint density at radius 1 is 1.00 bits per heavy atom. The molecule has 3 aliphatic rings. The summed E-state index contributed by atoms with van der Waals surface area (Å²) in [6.07, 6.45) is 9.15. The Balaban J connectivity index is 1.47. The Morgan fingerprint density at radius 3 is 2.44 bits per heavy atom. The summed E-state index contributed by atoms with van der Waals surface area (Å²) in [5.74, 6) is -1.65. The Hall–Kier alpha value is -6.13. The molecule has 1 fully saturated rings. The number of oxime groups is 1. The number of halogens is 1. The summed E-state index contributed by atoms with van der Waals surface area (Å²) < 4.78 is 35.2. The molecule has 0 radical (unpaired) electrons. The van der Waals surface area contributed by atoms with Crippen LogP contribution in [0.2, 0.25) is 0 Å². The second kappa shape index (κ2) is 20.8. The molecular weight excluding hydrogens is 802 g/mol. The Morgan fingerprint density at radius 2 is 1.75 bits per heavy atom. The van der Waals surface area contributed by atoms with Crippen LogP contribution in [-0.2, 0) is 16.1 Å². The smallest absolute Gasteiger partial charge is 0.254 e. The van der Waals surface area contributed by atoms with Crippen LogP contribution >= 0.6 is 0 Å². The number of unbranched alkanes of at least 4 members (excludes halogenated alkanes) is 2. The van der Waals surface area contributed by atoms with Crippen LogP contribution in [0.5, 0.6) is 17.2 Å². The van der Waals surface area contributed by atoms with Gasteiger partial charge in [0.1, 0.15) is 42.0 Å². The van der Waals surface area contributed by atoms with Crippen molar-refractivity contribution in [1.82, 2.24) is 4.90 Å². The maximum atomic E-state index is 15.2. The quantitative estimate of drug-likeness (QED) is 0.0384. The lowest BCUT2D eigenvalue weighted by molar-refractivity contribution is -0.255. The van der Waals surface area contributed by atoms with Gasteiger partial charge in [-0.15, -0.1) is 6.58 Å². The number of nitrogens with zero attached hydrogens (tertiary/aromatic N) is 3. The summed E-state index contributed by atoms with van der Waals surface area (Å²) in [6, 6.07) is 26.3. The number of benzene rings is 4. The van der Waals surface area contributed by atoms with E-state index in [-0.39, 0.29) is 56.4 Å². The number of hydrogen-bond acceptors (Lipinski definition) is 10. The van der Waals surface area contributed by atoms with Crippen LogP contribution in [0.4, 0.5) is 4.39 Å². The minimum absolute atomic E-state index is 0.0161. The standard InChI is InChI=1S/C51H54FN3O8/c1-3-26-60-51-47(55(32-35-16-20-39(52)21-17-35)50(59)37-18-14-34(31-53)15-19-37)30-45(54-61-4-2)43-28-38(11-5-7-24-56)42(13-6-8-25-57)48(49(43)51)44-29-41(22-23-46(44)63-51)62-40-12-9-10-36(27-40)33-58/h3,9-10,12,14-23,27-29,33,38,42,47-49,56-57H,1,4-8,11,13,24-26,30,32H2,2H3. The highest BCUT2D eigenvalue weighted by Crippen LogP contribution is 2.62. The zero-order valence-electron chi connectivity index (χ0n) is 35.5. The van der Waals surface area contributed by atoms with Crippen molar-refractivity contribution in [2.24, 2.45) is 22.9 Å². The van der Waals surface area contributed by atoms with E-state index in [1.165, 1.54) is 12.1 Å². The maximum absolute atomic E-state index is 15.2. The number of fused-ring (bicyclic) bond motifs is 2. The first kappa shape index (κ1) is 44.9. The van der Waals surface area contributed by atoms with E-state index in [4.69, 9.17) is 24.2 Å². The number of nitriles is 1. The predicted octanol–water partition coefficient (Wildman–Crippen LogP) is 9.30. The monoisotopic (exact) mass is 855 g/mol. The van der Waals surface area contributed by atoms with E-state index in [1.807, 2.05) is 25.1 Å². The molecule has 6 unspecified atom stereocenters. The highest BCUT2D eigenvalue weighted by Gasteiger charge is 2.65. The lowest BCUT2D eigenvalue weighted by atomic mass is 9.55. The molecule has 63 heavy (non-hydrogen) atoms. The van der Waals surface area contributed by atoms with Crippen LogP contribution < -0.4 is 9.47 Å². The van der Waals surface area contributed by atoms with Gasteiger partial charge in [-0.2, -0.15) is 5.26 Å². The van der Waals surface area contributed by atoms with Crippen LogP contribution in [0, 0.1) is 34.9 Å². The van der Waals surface area contributed by atoms with Crippen LogP contribution in [0.25, 0.3) is 0 Å². The number of aliphatic hydroxyl groups is 2. The van der Waals surface area contributed by atoms with E-state index in [2.05, 4.69) is 18.7 Å². The summed E-state index contributed by atoms with van der Waals surface area (Å²) in [5.41, 5.74) is 4.27. The van der Waals surface area contributed by atoms with Gasteiger partial charge >= 0.3 is 0 Å². The molecule has 12 heteroatoms. The second-order valence-corrected chi connectivity index (χ2v) is 16.2. The SMILES string of the molecule is C=CCOC12Oc3ccc(Oc4cccc(C=O)c4)cc3C3C(CCCCO)C(CCCCO)C=C(C(=NOCC)CC1N(Cc1ccc(F)cc1)C(=O)c1ccc(C#N)cc1)C32. The first-order valence-electron chi connectivity index (χ1n) is 21.8. The van der Waals surface area contributed by atoms with Crippen molar-refractivity contribution in [2.45, 2.75) is 76.2 Å². The Bertz CT molecular complexity index is 2340. The fourth-order valence-corrected chi connectivity index (χ4v) is 9.60. The van der Waals surface area contributed by atoms with E-state index >= 15 is 4.79 Å². The van der Waals surface area contributed by atoms with Crippen molar-refractivity contribution < 1.29 is 43.2 Å². The zero-order valence-corrected chi connectivity index (χ0v) is 35.5.